The van der Waals surface area contributed by atoms with Gasteiger partial charge in [-0.15, -0.1) is 0 Å². The molecule has 0 spiro atoms. The zero-order valence-corrected chi connectivity index (χ0v) is 16.9. The van der Waals surface area contributed by atoms with Gasteiger partial charge in [-0.25, -0.2) is 9.18 Å². The number of benzene rings is 3. The second-order valence-corrected chi connectivity index (χ2v) is 7.63. The van der Waals surface area contributed by atoms with Gasteiger partial charge in [0.25, 0.3) is 5.78 Å². The normalized spacial score (nSPS) is 15.3. The molecule has 2 heterocycles. The number of ether oxygens (including phenoxy) is 1. The molecule has 0 radical (unpaired) electrons. The fourth-order valence-corrected chi connectivity index (χ4v) is 3.95. The Bertz CT molecular complexity index is 1380. The lowest BCUT2D eigenvalue weighted by molar-refractivity contribution is -0.146. The van der Waals surface area contributed by atoms with Crippen molar-refractivity contribution in [1.82, 2.24) is 4.57 Å². The molecule has 1 aromatic heterocycles. The summed E-state index contributed by atoms with van der Waals surface area (Å²) in [5.74, 6) is -2.71. The molecule has 0 bridgehead atoms. The molecule has 1 aliphatic heterocycles. The van der Waals surface area contributed by atoms with Crippen LogP contribution >= 0.6 is 0 Å². The van der Waals surface area contributed by atoms with Crippen LogP contribution in [0.25, 0.3) is 27.8 Å². The first-order chi connectivity index (χ1) is 15.5. The van der Waals surface area contributed by atoms with Gasteiger partial charge in [-0.2, -0.15) is 0 Å². The Hall–Kier alpha value is -4.19. The summed E-state index contributed by atoms with van der Waals surface area (Å²) < 4.78 is 20.6. The van der Waals surface area contributed by atoms with Crippen molar-refractivity contribution in [2.45, 2.75) is 6.54 Å². The predicted molar refractivity (Wildman–Crippen MR) is 118 cm³/mol. The topological polar surface area (TPSA) is 68.5 Å². The third kappa shape index (κ3) is 3.46. The molecular formula is C26H18FNO4. The lowest BCUT2D eigenvalue weighted by Crippen LogP contribution is -2.08. The summed E-state index contributed by atoms with van der Waals surface area (Å²) in [4.78, 5) is 23.4. The van der Waals surface area contributed by atoms with Crippen molar-refractivity contribution in [3.8, 4) is 11.1 Å². The van der Waals surface area contributed by atoms with Gasteiger partial charge in [0, 0.05) is 29.2 Å². The summed E-state index contributed by atoms with van der Waals surface area (Å²) in [6.07, 6.45) is 1.66. The Balaban J connectivity index is 1.53. The lowest BCUT2D eigenvalue weighted by Gasteiger charge is -2.07. The maximum absolute atomic E-state index is 14.0. The standard InChI is InChI=1S/C26H18FNO4/c27-19-10-11-23-20(12-19)21(24(29)22-15-32-26(31)25(22)30)14-28(23)13-16-6-8-18(9-7-16)17-4-2-1-3-5-17/h1-12,14,29H,13,15H2. The number of carbonyl (C=O) groups excluding carboxylic acids is 2. The van der Waals surface area contributed by atoms with Crippen molar-refractivity contribution in [3.05, 3.63) is 102 Å². The first-order valence-electron chi connectivity index (χ1n) is 10.1. The highest BCUT2D eigenvalue weighted by Gasteiger charge is 2.33. The molecule has 0 amide bonds. The van der Waals surface area contributed by atoms with Crippen LogP contribution in [0.3, 0.4) is 0 Å². The van der Waals surface area contributed by atoms with Gasteiger partial charge in [0.2, 0.25) is 0 Å². The summed E-state index contributed by atoms with van der Waals surface area (Å²) in [6.45, 7) is 0.176. The monoisotopic (exact) mass is 427 g/mol. The smallest absolute Gasteiger partial charge is 0.379 e. The first-order valence-corrected chi connectivity index (χ1v) is 10.1. The molecule has 6 heteroatoms. The zero-order chi connectivity index (χ0) is 22.2. The minimum Gasteiger partial charge on any atom is -0.507 e. The van der Waals surface area contributed by atoms with E-state index in [-0.39, 0.29) is 23.5 Å². The van der Waals surface area contributed by atoms with Crippen LogP contribution in [0.1, 0.15) is 11.1 Å². The van der Waals surface area contributed by atoms with Crippen LogP contribution in [0.4, 0.5) is 4.39 Å². The van der Waals surface area contributed by atoms with Gasteiger partial charge in [0.15, 0.2) is 0 Å². The van der Waals surface area contributed by atoms with Crippen LogP contribution in [-0.2, 0) is 20.9 Å². The summed E-state index contributed by atoms with van der Waals surface area (Å²) in [5.41, 5.74) is 4.09. The van der Waals surface area contributed by atoms with E-state index in [0.717, 1.165) is 16.7 Å². The van der Waals surface area contributed by atoms with Crippen molar-refractivity contribution in [2.24, 2.45) is 0 Å². The Kier molecular flexibility index (Phi) is 4.82. The number of aliphatic hydroxyl groups excluding tert-OH is 1. The van der Waals surface area contributed by atoms with Crippen molar-refractivity contribution < 1.29 is 23.8 Å². The maximum atomic E-state index is 14.0. The number of hydrogen-bond acceptors (Lipinski definition) is 4. The number of aliphatic hydroxyl groups is 1. The van der Waals surface area contributed by atoms with E-state index in [2.05, 4.69) is 0 Å². The predicted octanol–water partition coefficient (Wildman–Crippen LogP) is 4.89. The third-order valence-corrected chi connectivity index (χ3v) is 5.61. The number of rotatable bonds is 4. The highest BCUT2D eigenvalue weighted by Crippen LogP contribution is 2.31. The molecule has 0 aliphatic carbocycles. The number of hydrogen-bond donors (Lipinski definition) is 1. The Morgan fingerprint density at radius 2 is 1.69 bits per heavy atom. The van der Waals surface area contributed by atoms with Gasteiger partial charge < -0.3 is 14.4 Å². The molecule has 0 saturated carbocycles. The van der Waals surface area contributed by atoms with E-state index in [4.69, 9.17) is 4.74 Å². The number of ketones is 1. The third-order valence-electron chi connectivity index (χ3n) is 5.61. The number of halogens is 1. The lowest BCUT2D eigenvalue weighted by atomic mass is 10.0. The van der Waals surface area contributed by atoms with Gasteiger partial charge in [-0.05, 0) is 34.9 Å². The molecule has 1 N–H and O–H groups in total. The van der Waals surface area contributed by atoms with Gasteiger partial charge >= 0.3 is 5.97 Å². The first kappa shape index (κ1) is 19.8. The van der Waals surface area contributed by atoms with E-state index < -0.39 is 17.6 Å². The molecule has 32 heavy (non-hydrogen) atoms. The number of nitrogens with zero attached hydrogens (tertiary/aromatic N) is 1. The highest BCUT2D eigenvalue weighted by atomic mass is 19.1. The van der Waals surface area contributed by atoms with Crippen molar-refractivity contribution in [3.63, 3.8) is 0 Å². The second kappa shape index (κ2) is 7.81. The van der Waals surface area contributed by atoms with Crippen molar-refractivity contribution in [1.29, 1.82) is 0 Å². The minimum atomic E-state index is -1.00. The molecule has 1 saturated heterocycles. The van der Waals surface area contributed by atoms with Gasteiger partial charge in [0.1, 0.15) is 18.2 Å². The van der Waals surface area contributed by atoms with Gasteiger partial charge in [0.05, 0.1) is 5.57 Å². The van der Waals surface area contributed by atoms with Crippen molar-refractivity contribution in [2.75, 3.05) is 6.61 Å². The number of cyclic esters (lactones) is 1. The van der Waals surface area contributed by atoms with E-state index in [1.165, 1.54) is 12.1 Å². The molecule has 158 valence electrons. The summed E-state index contributed by atoms with van der Waals surface area (Å²) in [7, 11) is 0. The van der Waals surface area contributed by atoms with Crippen LogP contribution in [0.2, 0.25) is 0 Å². The Morgan fingerprint density at radius 1 is 0.969 bits per heavy atom. The molecule has 0 unspecified atom stereocenters. The molecule has 1 aliphatic rings. The van der Waals surface area contributed by atoms with E-state index >= 15 is 0 Å². The molecule has 3 aromatic carbocycles. The fraction of sp³-hybridized carbons (Fsp3) is 0.0769. The van der Waals surface area contributed by atoms with Gasteiger partial charge in [-0.3, -0.25) is 4.79 Å². The van der Waals surface area contributed by atoms with Crippen LogP contribution in [0.5, 0.6) is 0 Å². The van der Waals surface area contributed by atoms with Crippen LogP contribution < -0.4 is 0 Å². The van der Waals surface area contributed by atoms with E-state index in [1.807, 2.05) is 59.2 Å². The summed E-state index contributed by atoms with van der Waals surface area (Å²) >= 11 is 0. The minimum absolute atomic E-state index is 0.120. The summed E-state index contributed by atoms with van der Waals surface area (Å²) in [5, 5.41) is 11.2. The molecular weight excluding hydrogens is 409 g/mol. The molecule has 4 aromatic rings. The number of aromatic nitrogens is 1. The zero-order valence-electron chi connectivity index (χ0n) is 16.9. The van der Waals surface area contributed by atoms with Gasteiger partial charge in [-0.1, -0.05) is 54.6 Å². The largest absolute Gasteiger partial charge is 0.507 e. The van der Waals surface area contributed by atoms with Crippen LogP contribution in [0, 0.1) is 5.82 Å². The number of fused-ring (bicyclic) bond motifs is 1. The number of carbonyl (C=O) groups is 2. The molecule has 5 nitrogen and oxygen atoms in total. The maximum Gasteiger partial charge on any atom is 0.379 e. The van der Waals surface area contributed by atoms with E-state index in [9.17, 15) is 19.1 Å². The molecule has 1 fully saturated rings. The average molecular weight is 427 g/mol. The SMILES string of the molecule is O=C1OCC(=C(O)c2cn(Cc3ccc(-c4ccccc4)cc3)c3ccc(F)cc23)C1=O. The van der Waals surface area contributed by atoms with Crippen LogP contribution in [-0.4, -0.2) is 28.0 Å². The fourth-order valence-electron chi connectivity index (χ4n) is 3.95. The second-order valence-electron chi connectivity index (χ2n) is 7.63. The summed E-state index contributed by atoms with van der Waals surface area (Å²) in [6, 6.07) is 22.4. The Morgan fingerprint density at radius 3 is 2.38 bits per heavy atom. The Labute approximate surface area is 183 Å². The van der Waals surface area contributed by atoms with Crippen LogP contribution in [0.15, 0.2) is 84.6 Å². The van der Waals surface area contributed by atoms with E-state index in [1.54, 1.807) is 12.3 Å². The van der Waals surface area contributed by atoms with E-state index in [0.29, 0.717) is 17.4 Å². The molecule has 5 rings (SSSR count). The average Bonchev–Trinajstić information content (AvgIpc) is 3.34. The van der Waals surface area contributed by atoms with Crippen molar-refractivity contribution >= 4 is 28.4 Å². The quantitative estimate of drug-likeness (QED) is 0.218. The number of Topliss-reactive ketones (excluding diaryl/α,β-unsaturated/α-hetero) is 1. The number of esters is 1. The highest BCUT2D eigenvalue weighted by molar-refractivity contribution is 6.43. The molecule has 0 atom stereocenters.